The molecule has 5 heteroatoms. The van der Waals surface area contributed by atoms with Crippen molar-refractivity contribution in [1.82, 2.24) is 10.6 Å². The zero-order chi connectivity index (χ0) is 15.2. The van der Waals surface area contributed by atoms with E-state index in [1.807, 2.05) is 19.1 Å². The maximum atomic E-state index is 12.6. The molecule has 0 atom stereocenters. The molecule has 0 fully saturated rings. The van der Waals surface area contributed by atoms with E-state index in [0.29, 0.717) is 23.4 Å². The Balaban J connectivity index is 2.27. The zero-order valence-corrected chi connectivity index (χ0v) is 12.1. The first-order valence-electron chi connectivity index (χ1n) is 6.82. The molecule has 110 valence electrons. The van der Waals surface area contributed by atoms with Crippen molar-refractivity contribution in [2.24, 2.45) is 0 Å². The predicted octanol–water partition coefficient (Wildman–Crippen LogP) is 2.72. The first-order valence-corrected chi connectivity index (χ1v) is 6.82. The van der Waals surface area contributed by atoms with Crippen LogP contribution in [0.25, 0.3) is 0 Å². The Kier molecular flexibility index (Phi) is 4.77. The van der Waals surface area contributed by atoms with Crippen LogP contribution in [0, 0.1) is 0 Å². The molecule has 0 aromatic heterocycles. The molecule has 1 aliphatic heterocycles. The van der Waals surface area contributed by atoms with Gasteiger partial charge in [-0.15, -0.1) is 0 Å². The van der Waals surface area contributed by atoms with E-state index in [4.69, 9.17) is 4.74 Å². The second kappa shape index (κ2) is 6.74. The molecule has 1 aliphatic rings. The third-order valence-electron chi connectivity index (χ3n) is 3.03. The fraction of sp³-hybridized carbons (Fsp3) is 0.250. The van der Waals surface area contributed by atoms with Crippen molar-refractivity contribution in [1.29, 1.82) is 0 Å². The van der Waals surface area contributed by atoms with Gasteiger partial charge in [0, 0.05) is 17.7 Å². The molecule has 1 amide bonds. The number of Topliss-reactive ketones (excluding diaryl/α,β-unsaturated/α-hetero) is 1. The van der Waals surface area contributed by atoms with Crippen molar-refractivity contribution in [3.05, 3.63) is 59.1 Å². The van der Waals surface area contributed by atoms with Crippen LogP contribution in [0.3, 0.4) is 0 Å². The maximum Gasteiger partial charge on any atom is 0.411 e. The average molecular weight is 286 g/mol. The molecule has 1 aromatic carbocycles. The van der Waals surface area contributed by atoms with Crippen molar-refractivity contribution in [3.8, 4) is 0 Å². The molecule has 0 saturated carbocycles. The molecule has 1 aromatic rings. The normalized spacial score (nSPS) is 14.1. The summed E-state index contributed by atoms with van der Waals surface area (Å²) in [4.78, 5) is 24.1. The second-order valence-electron chi connectivity index (χ2n) is 4.61. The minimum atomic E-state index is -0.555. The van der Waals surface area contributed by atoms with Crippen molar-refractivity contribution in [2.45, 2.75) is 20.3 Å². The number of hydrogen-bond donors (Lipinski definition) is 2. The van der Waals surface area contributed by atoms with Crippen molar-refractivity contribution < 1.29 is 14.3 Å². The quantitative estimate of drug-likeness (QED) is 0.835. The summed E-state index contributed by atoms with van der Waals surface area (Å²) >= 11 is 0. The maximum absolute atomic E-state index is 12.6. The molecule has 0 bridgehead atoms. The Hall–Kier alpha value is -2.56. The van der Waals surface area contributed by atoms with Gasteiger partial charge >= 0.3 is 6.09 Å². The average Bonchev–Trinajstić information content (AvgIpc) is 2.49. The third kappa shape index (κ3) is 3.72. The van der Waals surface area contributed by atoms with Crippen molar-refractivity contribution in [2.75, 3.05) is 6.61 Å². The van der Waals surface area contributed by atoms with Crippen LogP contribution in [0.2, 0.25) is 0 Å². The van der Waals surface area contributed by atoms with Gasteiger partial charge in [0.25, 0.3) is 0 Å². The Bertz CT molecular complexity index is 603. The van der Waals surface area contributed by atoms with E-state index in [1.165, 1.54) is 0 Å². The van der Waals surface area contributed by atoms with Gasteiger partial charge in [0.1, 0.15) is 5.70 Å². The van der Waals surface area contributed by atoms with Crippen molar-refractivity contribution in [3.63, 3.8) is 0 Å². The summed E-state index contributed by atoms with van der Waals surface area (Å²) in [7, 11) is 0. The Morgan fingerprint density at radius 3 is 2.67 bits per heavy atom. The monoisotopic (exact) mass is 286 g/mol. The highest BCUT2D eigenvalue weighted by Gasteiger charge is 2.21. The smallest absolute Gasteiger partial charge is 0.411 e. The van der Waals surface area contributed by atoms with Crippen LogP contribution in [0.1, 0.15) is 30.6 Å². The Morgan fingerprint density at radius 1 is 1.29 bits per heavy atom. The van der Waals surface area contributed by atoms with Crippen LogP contribution in [0.4, 0.5) is 4.79 Å². The number of carbonyl (C=O) groups excluding carboxylic acids is 2. The number of rotatable bonds is 4. The lowest BCUT2D eigenvalue weighted by Crippen LogP contribution is -2.32. The van der Waals surface area contributed by atoms with Gasteiger partial charge in [-0.25, -0.2) is 4.79 Å². The predicted molar refractivity (Wildman–Crippen MR) is 79.5 cm³/mol. The minimum Gasteiger partial charge on any atom is -0.450 e. The third-order valence-corrected chi connectivity index (χ3v) is 3.03. The summed E-state index contributed by atoms with van der Waals surface area (Å²) in [6, 6.07) is 8.94. The van der Waals surface area contributed by atoms with E-state index < -0.39 is 6.09 Å². The van der Waals surface area contributed by atoms with E-state index in [-0.39, 0.29) is 12.4 Å². The Morgan fingerprint density at radius 2 is 2.00 bits per heavy atom. The molecule has 5 nitrogen and oxygen atoms in total. The fourth-order valence-corrected chi connectivity index (χ4v) is 2.01. The van der Waals surface area contributed by atoms with Crippen LogP contribution in [0.15, 0.2) is 53.5 Å². The highest BCUT2D eigenvalue weighted by atomic mass is 16.5. The lowest BCUT2D eigenvalue weighted by molar-refractivity contribution is 0.102. The molecule has 0 saturated heterocycles. The summed E-state index contributed by atoms with van der Waals surface area (Å²) in [5, 5.41) is 5.66. The van der Waals surface area contributed by atoms with Crippen LogP contribution >= 0.6 is 0 Å². The van der Waals surface area contributed by atoms with E-state index in [2.05, 4.69) is 10.6 Å². The van der Waals surface area contributed by atoms with Crippen molar-refractivity contribution >= 4 is 11.9 Å². The SMILES string of the molecule is CCOC(=O)NC1=C(C(=O)c2ccccc2)NC(C)=CC1. The van der Waals surface area contributed by atoms with Gasteiger partial charge in [-0.3, -0.25) is 10.1 Å². The summed E-state index contributed by atoms with van der Waals surface area (Å²) in [5.41, 5.74) is 2.35. The van der Waals surface area contributed by atoms with Crippen LogP contribution in [-0.2, 0) is 4.74 Å². The Labute approximate surface area is 123 Å². The van der Waals surface area contributed by atoms with Crippen LogP contribution in [0.5, 0.6) is 0 Å². The number of benzene rings is 1. The number of carbonyl (C=O) groups is 2. The minimum absolute atomic E-state index is 0.158. The summed E-state index contributed by atoms with van der Waals surface area (Å²) in [6.07, 6.45) is 1.83. The van der Waals surface area contributed by atoms with Crippen LogP contribution < -0.4 is 10.6 Å². The van der Waals surface area contributed by atoms with Gasteiger partial charge in [-0.1, -0.05) is 36.4 Å². The van der Waals surface area contributed by atoms with Gasteiger partial charge in [-0.05, 0) is 13.8 Å². The van der Waals surface area contributed by atoms with Gasteiger partial charge in [0.05, 0.1) is 12.3 Å². The van der Waals surface area contributed by atoms with Gasteiger partial charge in [-0.2, -0.15) is 0 Å². The molecular weight excluding hydrogens is 268 g/mol. The fourth-order valence-electron chi connectivity index (χ4n) is 2.01. The number of dihydropyridines is 1. The molecule has 0 unspecified atom stereocenters. The highest BCUT2D eigenvalue weighted by molar-refractivity contribution is 6.09. The summed E-state index contributed by atoms with van der Waals surface area (Å²) < 4.78 is 4.86. The largest absolute Gasteiger partial charge is 0.450 e. The van der Waals surface area contributed by atoms with Gasteiger partial charge in [0.15, 0.2) is 0 Å². The number of hydrogen-bond acceptors (Lipinski definition) is 4. The van der Waals surface area contributed by atoms with Gasteiger partial charge in [0.2, 0.25) is 5.78 Å². The molecule has 0 spiro atoms. The highest BCUT2D eigenvalue weighted by Crippen LogP contribution is 2.18. The summed E-state index contributed by atoms with van der Waals surface area (Å²) in [6.45, 7) is 3.88. The number of ketones is 1. The van der Waals surface area contributed by atoms with E-state index in [9.17, 15) is 9.59 Å². The standard InChI is InChI=1S/C16H18N2O3/c1-3-21-16(20)18-13-10-9-11(2)17-14(13)15(19)12-7-5-4-6-8-12/h4-9,17H,3,10H2,1-2H3,(H,18,20). The van der Waals surface area contributed by atoms with E-state index in [0.717, 1.165) is 5.70 Å². The number of amides is 1. The zero-order valence-electron chi connectivity index (χ0n) is 12.1. The van der Waals surface area contributed by atoms with E-state index >= 15 is 0 Å². The van der Waals surface area contributed by atoms with Gasteiger partial charge < -0.3 is 10.1 Å². The number of allylic oxidation sites excluding steroid dienone is 3. The summed E-state index contributed by atoms with van der Waals surface area (Å²) in [5.74, 6) is -0.158. The molecule has 2 N–H and O–H groups in total. The number of alkyl carbamates (subject to hydrolysis) is 1. The molecule has 1 heterocycles. The van der Waals surface area contributed by atoms with Crippen LogP contribution in [-0.4, -0.2) is 18.5 Å². The first kappa shape index (κ1) is 14.8. The molecule has 21 heavy (non-hydrogen) atoms. The molecule has 0 radical (unpaired) electrons. The lowest BCUT2D eigenvalue weighted by atomic mass is 10.0. The molecule has 2 rings (SSSR count). The molecule has 0 aliphatic carbocycles. The topological polar surface area (TPSA) is 67.4 Å². The van der Waals surface area contributed by atoms with E-state index in [1.54, 1.807) is 31.2 Å². The number of nitrogens with one attached hydrogen (secondary N) is 2. The first-order chi connectivity index (χ1) is 10.1. The molecular formula is C16H18N2O3. The number of ether oxygens (including phenoxy) is 1. The lowest BCUT2D eigenvalue weighted by Gasteiger charge is -2.21. The second-order valence-corrected chi connectivity index (χ2v) is 4.61.